The van der Waals surface area contributed by atoms with Crippen LogP contribution in [-0.4, -0.2) is 71.4 Å². The van der Waals surface area contributed by atoms with Gasteiger partial charge in [0.1, 0.15) is 5.75 Å². The monoisotopic (exact) mass is 640 g/mol. The molecule has 0 aromatic heterocycles. The zero-order valence-electron chi connectivity index (χ0n) is 20.8. The molecule has 4 aliphatic rings. The average molecular weight is 642 g/mol. The molecule has 39 heavy (non-hydrogen) atoms. The number of imide groups is 2. The van der Waals surface area contributed by atoms with Crippen molar-refractivity contribution in [3.05, 3.63) is 41.5 Å². The number of carboxylic acid groups (broad SMARTS) is 1. The second-order valence-corrected chi connectivity index (χ2v) is 12.4. The molecule has 4 amide bonds. The quantitative estimate of drug-likeness (QED) is 0.145. The highest BCUT2D eigenvalue weighted by molar-refractivity contribution is 9.09. The van der Waals surface area contributed by atoms with Crippen molar-refractivity contribution in [2.45, 2.75) is 54.2 Å². The van der Waals surface area contributed by atoms with E-state index in [-0.39, 0.29) is 48.8 Å². The van der Waals surface area contributed by atoms with Gasteiger partial charge in [-0.25, -0.2) is 0 Å². The Morgan fingerprint density at radius 3 is 2.31 bits per heavy atom. The predicted octanol–water partition coefficient (Wildman–Crippen LogP) is 3.75. The van der Waals surface area contributed by atoms with Crippen LogP contribution in [0.3, 0.4) is 0 Å². The van der Waals surface area contributed by atoms with E-state index in [2.05, 4.69) is 15.9 Å². The lowest BCUT2D eigenvalue weighted by molar-refractivity contribution is -0.141. The van der Waals surface area contributed by atoms with Crippen molar-refractivity contribution < 1.29 is 34.2 Å². The fourth-order valence-corrected chi connectivity index (χ4v) is 8.23. The Labute approximate surface area is 243 Å². The Morgan fingerprint density at radius 1 is 0.974 bits per heavy atom. The van der Waals surface area contributed by atoms with Gasteiger partial charge >= 0.3 is 5.97 Å². The minimum atomic E-state index is -1.87. The van der Waals surface area contributed by atoms with Crippen LogP contribution in [0.25, 0.3) is 0 Å². The van der Waals surface area contributed by atoms with E-state index in [9.17, 15) is 29.1 Å². The van der Waals surface area contributed by atoms with Crippen molar-refractivity contribution in [3.8, 4) is 5.75 Å². The van der Waals surface area contributed by atoms with Crippen LogP contribution in [0.1, 0.15) is 50.0 Å². The van der Waals surface area contributed by atoms with Crippen LogP contribution >= 0.6 is 39.1 Å². The Hall–Kier alpha value is -2.43. The van der Waals surface area contributed by atoms with Crippen molar-refractivity contribution in [1.29, 1.82) is 0 Å². The molecule has 9 nitrogen and oxygen atoms in total. The van der Waals surface area contributed by atoms with Crippen molar-refractivity contribution in [3.63, 3.8) is 0 Å². The molecule has 2 N–H and O–H groups in total. The maximum Gasteiger partial charge on any atom is 0.303 e. The standard InChI is InChI=1S/C27H27BrCl2N2O7/c28-13-32-24(38)26(29)12-18-16(21(27(26,30)25(32)39)14-5-7-15(33)8-6-14)9-10-17-20(18)23(37)31(22(17)36)11-3-1-2-4-19(34)35/h5-9,17-18,20-21,33H,1-4,10-13H2,(H,34,35). The summed E-state index contributed by atoms with van der Waals surface area (Å²) >= 11 is 17.5. The Balaban J connectivity index is 1.52. The number of likely N-dealkylation sites (tertiary alicyclic amines) is 2. The summed E-state index contributed by atoms with van der Waals surface area (Å²) in [7, 11) is 0. The topological polar surface area (TPSA) is 132 Å². The first-order valence-corrected chi connectivity index (χ1v) is 14.7. The van der Waals surface area contributed by atoms with Crippen LogP contribution in [0.2, 0.25) is 0 Å². The fourth-order valence-electron chi connectivity index (χ4n) is 6.80. The van der Waals surface area contributed by atoms with E-state index in [1.165, 1.54) is 17.0 Å². The van der Waals surface area contributed by atoms with Gasteiger partial charge in [-0.3, -0.25) is 33.8 Å². The minimum absolute atomic E-state index is 0.0102. The van der Waals surface area contributed by atoms with Gasteiger partial charge < -0.3 is 10.2 Å². The first kappa shape index (κ1) is 28.1. The maximum atomic E-state index is 13.7. The highest BCUT2D eigenvalue weighted by atomic mass is 79.9. The minimum Gasteiger partial charge on any atom is -0.508 e. The Morgan fingerprint density at radius 2 is 1.67 bits per heavy atom. The lowest BCUT2D eigenvalue weighted by atomic mass is 9.56. The number of aliphatic carboxylic acids is 1. The van der Waals surface area contributed by atoms with Gasteiger partial charge in [-0.2, -0.15) is 0 Å². The van der Waals surface area contributed by atoms with Gasteiger partial charge in [0.05, 0.1) is 17.3 Å². The van der Waals surface area contributed by atoms with Crippen molar-refractivity contribution in [1.82, 2.24) is 9.80 Å². The zero-order chi connectivity index (χ0) is 28.3. The van der Waals surface area contributed by atoms with Crippen molar-refractivity contribution in [2.24, 2.45) is 17.8 Å². The second-order valence-electron chi connectivity index (χ2n) is 10.6. The van der Waals surface area contributed by atoms with Crippen LogP contribution in [0.15, 0.2) is 35.9 Å². The lowest BCUT2D eigenvalue weighted by Crippen LogP contribution is -2.60. The van der Waals surface area contributed by atoms with Gasteiger partial charge in [-0.15, -0.1) is 23.2 Å². The molecule has 0 radical (unpaired) electrons. The summed E-state index contributed by atoms with van der Waals surface area (Å²) in [5.74, 6) is -5.66. The number of phenolic OH excluding ortho intramolecular Hbond substituents is 1. The number of carbonyl (C=O) groups is 5. The molecule has 2 saturated heterocycles. The van der Waals surface area contributed by atoms with Gasteiger partial charge in [0.2, 0.25) is 11.8 Å². The Bertz CT molecular complexity index is 1290. The van der Waals surface area contributed by atoms with Crippen molar-refractivity contribution in [2.75, 3.05) is 12.0 Å². The second kappa shape index (κ2) is 10.2. The van der Waals surface area contributed by atoms with Crippen molar-refractivity contribution >= 4 is 68.7 Å². The smallest absolute Gasteiger partial charge is 0.303 e. The molecule has 0 bridgehead atoms. The number of nitrogens with zero attached hydrogens (tertiary/aromatic N) is 2. The molecule has 6 unspecified atom stereocenters. The van der Waals surface area contributed by atoms with E-state index < -0.39 is 51.2 Å². The normalized spacial score (nSPS) is 33.7. The third-order valence-electron chi connectivity index (χ3n) is 8.60. The molecule has 3 fully saturated rings. The number of carbonyl (C=O) groups excluding carboxylic acids is 4. The zero-order valence-corrected chi connectivity index (χ0v) is 23.9. The van der Waals surface area contributed by atoms with Gasteiger partial charge in [0.25, 0.3) is 11.8 Å². The third-order valence-corrected chi connectivity index (χ3v) is 10.5. The van der Waals surface area contributed by atoms with Gasteiger partial charge in [0, 0.05) is 18.9 Å². The average Bonchev–Trinajstić information content (AvgIpc) is 3.22. The first-order valence-electron chi connectivity index (χ1n) is 12.8. The first-order chi connectivity index (χ1) is 18.5. The SMILES string of the molecule is O=C(O)CCCCCN1C(=O)C2CC=C3C(CC4(Cl)C(=O)N(CBr)C(=O)C4(Cl)C3c3ccc(O)cc3)C2C1=O. The number of amides is 4. The fraction of sp³-hybridized carbons (Fsp3) is 0.519. The van der Waals surface area contributed by atoms with Crippen LogP contribution < -0.4 is 0 Å². The molecule has 1 aromatic carbocycles. The Kier molecular flexibility index (Phi) is 7.35. The molecule has 1 saturated carbocycles. The number of rotatable bonds is 8. The number of benzene rings is 1. The molecule has 2 heterocycles. The van der Waals surface area contributed by atoms with E-state index in [1.54, 1.807) is 12.1 Å². The number of halogens is 3. The van der Waals surface area contributed by atoms with Gasteiger partial charge in [0.15, 0.2) is 9.75 Å². The molecular formula is C27H27BrCl2N2O7. The number of unbranched alkanes of at least 4 members (excludes halogenated alkanes) is 2. The van der Waals surface area contributed by atoms with Gasteiger partial charge in [-0.1, -0.05) is 46.1 Å². The van der Waals surface area contributed by atoms with E-state index in [1.807, 2.05) is 6.08 Å². The number of alkyl halides is 3. The summed E-state index contributed by atoms with van der Waals surface area (Å²) in [4.78, 5) is 63.5. The van der Waals surface area contributed by atoms with E-state index in [0.29, 0.717) is 30.4 Å². The third kappa shape index (κ3) is 4.13. The number of hydrogen-bond acceptors (Lipinski definition) is 6. The maximum absolute atomic E-state index is 13.7. The number of hydrogen-bond donors (Lipinski definition) is 2. The molecule has 208 valence electrons. The van der Waals surface area contributed by atoms with Crippen LogP contribution in [0.4, 0.5) is 0 Å². The molecule has 12 heteroatoms. The van der Waals surface area contributed by atoms with Crippen LogP contribution in [0, 0.1) is 17.8 Å². The lowest BCUT2D eigenvalue weighted by Gasteiger charge is -2.50. The summed E-state index contributed by atoms with van der Waals surface area (Å²) in [6.07, 6.45) is 3.58. The van der Waals surface area contributed by atoms with Gasteiger partial charge in [-0.05, 0) is 49.3 Å². The van der Waals surface area contributed by atoms with E-state index >= 15 is 0 Å². The van der Waals surface area contributed by atoms with E-state index in [4.69, 9.17) is 28.3 Å². The highest BCUT2D eigenvalue weighted by Crippen LogP contribution is 2.65. The molecule has 0 spiro atoms. The highest BCUT2D eigenvalue weighted by Gasteiger charge is 2.76. The van der Waals surface area contributed by atoms with Crippen LogP contribution in [0.5, 0.6) is 5.75 Å². The predicted molar refractivity (Wildman–Crippen MR) is 144 cm³/mol. The number of fused-ring (bicyclic) bond motifs is 4. The summed E-state index contributed by atoms with van der Waals surface area (Å²) in [6, 6.07) is 6.16. The summed E-state index contributed by atoms with van der Waals surface area (Å²) < 4.78 is 0. The molecule has 2 aliphatic carbocycles. The number of aromatic hydroxyl groups is 1. The molecule has 5 rings (SSSR count). The summed E-state index contributed by atoms with van der Waals surface area (Å²) in [5, 5.41) is 18.7. The number of phenols is 1. The summed E-state index contributed by atoms with van der Waals surface area (Å²) in [5.41, 5.74) is 1.15. The molecule has 2 aliphatic heterocycles. The number of allylic oxidation sites excluding steroid dienone is 2. The molecular weight excluding hydrogens is 615 g/mol. The molecule has 6 atom stereocenters. The number of carboxylic acids is 1. The van der Waals surface area contributed by atoms with Crippen LogP contribution in [-0.2, 0) is 24.0 Å². The van der Waals surface area contributed by atoms with E-state index in [0.717, 1.165) is 4.90 Å². The summed E-state index contributed by atoms with van der Waals surface area (Å²) in [6.45, 7) is 0.188. The molecule has 1 aromatic rings. The largest absolute Gasteiger partial charge is 0.508 e.